The lowest BCUT2D eigenvalue weighted by molar-refractivity contribution is -0.383. The number of nitrogens with one attached hydrogen (secondary N) is 2. The van der Waals surface area contributed by atoms with E-state index in [1.165, 1.54) is 12.1 Å². The third kappa shape index (κ3) is 5.06. The standard InChI is InChI=1S/C23H23N3O3/c1-16-12-14-19(15-13-16)22(18-8-4-3-5-9-18)24-17(2)23(27)25-20-10-6-7-11-21(20)26(28)29/h3-15,17,22,24H,1-2H3,(H,25,27)/t17-,22-/m1/s1. The fourth-order valence-electron chi connectivity index (χ4n) is 3.09. The van der Waals surface area contributed by atoms with Crippen LogP contribution >= 0.6 is 0 Å². The smallest absolute Gasteiger partial charge is 0.292 e. The van der Waals surface area contributed by atoms with Gasteiger partial charge in [-0.05, 0) is 31.0 Å². The second-order valence-electron chi connectivity index (χ2n) is 6.91. The third-order valence-corrected chi connectivity index (χ3v) is 4.71. The second-order valence-corrected chi connectivity index (χ2v) is 6.91. The van der Waals surface area contributed by atoms with E-state index >= 15 is 0 Å². The van der Waals surface area contributed by atoms with Gasteiger partial charge in [-0.1, -0.05) is 72.3 Å². The van der Waals surface area contributed by atoms with E-state index in [1.54, 1.807) is 19.1 Å². The van der Waals surface area contributed by atoms with Gasteiger partial charge >= 0.3 is 0 Å². The number of aryl methyl sites for hydroxylation is 1. The van der Waals surface area contributed by atoms with Gasteiger partial charge in [0.05, 0.1) is 17.0 Å². The van der Waals surface area contributed by atoms with E-state index in [0.29, 0.717) is 0 Å². The summed E-state index contributed by atoms with van der Waals surface area (Å²) >= 11 is 0. The summed E-state index contributed by atoms with van der Waals surface area (Å²) in [5, 5.41) is 17.2. The minimum Gasteiger partial charge on any atom is -0.319 e. The molecular weight excluding hydrogens is 366 g/mol. The van der Waals surface area contributed by atoms with Crippen LogP contribution in [-0.2, 0) is 4.79 Å². The topological polar surface area (TPSA) is 84.3 Å². The lowest BCUT2D eigenvalue weighted by Gasteiger charge is -2.24. The number of rotatable bonds is 7. The number of amides is 1. The first kappa shape index (κ1) is 20.2. The Morgan fingerprint density at radius 1 is 0.897 bits per heavy atom. The fourth-order valence-corrected chi connectivity index (χ4v) is 3.09. The van der Waals surface area contributed by atoms with Crippen molar-refractivity contribution in [3.63, 3.8) is 0 Å². The van der Waals surface area contributed by atoms with Crippen LogP contribution in [0.4, 0.5) is 11.4 Å². The van der Waals surface area contributed by atoms with Crippen LogP contribution in [0, 0.1) is 17.0 Å². The number of para-hydroxylation sites is 2. The second kappa shape index (κ2) is 9.12. The summed E-state index contributed by atoms with van der Waals surface area (Å²) in [6.07, 6.45) is 0. The minimum atomic E-state index is -0.582. The maximum Gasteiger partial charge on any atom is 0.292 e. The van der Waals surface area contributed by atoms with Gasteiger partial charge in [-0.15, -0.1) is 0 Å². The zero-order chi connectivity index (χ0) is 20.8. The molecule has 0 unspecified atom stereocenters. The molecule has 0 aromatic heterocycles. The van der Waals surface area contributed by atoms with Crippen LogP contribution in [0.25, 0.3) is 0 Å². The molecule has 0 radical (unpaired) electrons. The molecule has 0 aliphatic heterocycles. The molecule has 148 valence electrons. The Labute approximate surface area is 169 Å². The number of hydrogen-bond donors (Lipinski definition) is 2. The Kier molecular flexibility index (Phi) is 6.36. The summed E-state index contributed by atoms with van der Waals surface area (Å²) < 4.78 is 0. The zero-order valence-corrected chi connectivity index (χ0v) is 16.3. The highest BCUT2D eigenvalue weighted by Gasteiger charge is 2.23. The van der Waals surface area contributed by atoms with Gasteiger partial charge in [-0.2, -0.15) is 0 Å². The number of nitro benzene ring substituents is 1. The normalized spacial score (nSPS) is 12.8. The molecule has 2 atom stereocenters. The number of carbonyl (C=O) groups is 1. The highest BCUT2D eigenvalue weighted by molar-refractivity contribution is 5.96. The van der Waals surface area contributed by atoms with Crippen LogP contribution in [-0.4, -0.2) is 16.9 Å². The molecule has 0 saturated heterocycles. The Bertz CT molecular complexity index is 988. The quantitative estimate of drug-likeness (QED) is 0.456. The Morgan fingerprint density at radius 2 is 1.48 bits per heavy atom. The molecule has 0 heterocycles. The van der Waals surface area contributed by atoms with Crippen molar-refractivity contribution in [2.24, 2.45) is 0 Å². The molecule has 29 heavy (non-hydrogen) atoms. The van der Waals surface area contributed by atoms with E-state index in [1.807, 2.05) is 61.5 Å². The van der Waals surface area contributed by atoms with Gasteiger partial charge in [-0.25, -0.2) is 0 Å². The number of benzene rings is 3. The van der Waals surface area contributed by atoms with E-state index in [-0.39, 0.29) is 23.3 Å². The molecule has 3 aromatic rings. The summed E-state index contributed by atoms with van der Waals surface area (Å²) in [5.74, 6) is -0.340. The summed E-state index contributed by atoms with van der Waals surface area (Å²) in [6, 6.07) is 23.3. The lowest BCUT2D eigenvalue weighted by Crippen LogP contribution is -2.40. The first-order chi connectivity index (χ1) is 14.0. The van der Waals surface area contributed by atoms with Crippen LogP contribution in [0.15, 0.2) is 78.9 Å². The van der Waals surface area contributed by atoms with Crippen molar-refractivity contribution in [1.82, 2.24) is 5.32 Å². The average Bonchev–Trinajstić information content (AvgIpc) is 2.73. The van der Waals surface area contributed by atoms with E-state index < -0.39 is 11.0 Å². The van der Waals surface area contributed by atoms with E-state index in [9.17, 15) is 14.9 Å². The van der Waals surface area contributed by atoms with Gasteiger partial charge in [0.25, 0.3) is 5.69 Å². The van der Waals surface area contributed by atoms with Crippen LogP contribution in [0.3, 0.4) is 0 Å². The third-order valence-electron chi connectivity index (χ3n) is 4.71. The monoisotopic (exact) mass is 389 g/mol. The minimum absolute atomic E-state index is 0.133. The molecule has 6 heteroatoms. The lowest BCUT2D eigenvalue weighted by atomic mass is 9.97. The maximum absolute atomic E-state index is 12.7. The molecule has 0 aliphatic carbocycles. The highest BCUT2D eigenvalue weighted by Crippen LogP contribution is 2.25. The van der Waals surface area contributed by atoms with Crippen molar-refractivity contribution >= 4 is 17.3 Å². The fraction of sp³-hybridized carbons (Fsp3) is 0.174. The number of nitrogens with zero attached hydrogens (tertiary/aromatic N) is 1. The van der Waals surface area contributed by atoms with Crippen LogP contribution in [0.1, 0.15) is 29.7 Å². The summed E-state index contributed by atoms with van der Waals surface area (Å²) in [7, 11) is 0. The van der Waals surface area contributed by atoms with Crippen molar-refractivity contribution in [3.05, 3.63) is 106 Å². The van der Waals surface area contributed by atoms with Crippen LogP contribution < -0.4 is 10.6 Å². The van der Waals surface area contributed by atoms with E-state index in [4.69, 9.17) is 0 Å². The largest absolute Gasteiger partial charge is 0.319 e. The van der Waals surface area contributed by atoms with Crippen molar-refractivity contribution in [1.29, 1.82) is 0 Å². The predicted octanol–water partition coefficient (Wildman–Crippen LogP) is 4.61. The molecule has 0 aliphatic rings. The number of hydrogen-bond acceptors (Lipinski definition) is 4. The molecule has 3 rings (SSSR count). The molecule has 1 amide bonds. The molecule has 0 fully saturated rings. The van der Waals surface area contributed by atoms with E-state index in [2.05, 4.69) is 10.6 Å². The van der Waals surface area contributed by atoms with E-state index in [0.717, 1.165) is 16.7 Å². The van der Waals surface area contributed by atoms with Gasteiger partial charge in [0.1, 0.15) is 5.69 Å². The molecule has 0 saturated carbocycles. The average molecular weight is 389 g/mol. The van der Waals surface area contributed by atoms with Crippen molar-refractivity contribution in [2.75, 3.05) is 5.32 Å². The number of carbonyl (C=O) groups excluding carboxylic acids is 1. The van der Waals surface area contributed by atoms with Gasteiger partial charge < -0.3 is 5.32 Å². The van der Waals surface area contributed by atoms with Gasteiger partial charge in [-0.3, -0.25) is 20.2 Å². The molecule has 2 N–H and O–H groups in total. The molecule has 3 aromatic carbocycles. The first-order valence-corrected chi connectivity index (χ1v) is 9.37. The molecular formula is C23H23N3O3. The first-order valence-electron chi connectivity index (χ1n) is 9.37. The van der Waals surface area contributed by atoms with Crippen molar-refractivity contribution in [3.8, 4) is 0 Å². The van der Waals surface area contributed by atoms with Gasteiger partial charge in [0.15, 0.2) is 0 Å². The molecule has 0 spiro atoms. The van der Waals surface area contributed by atoms with Crippen molar-refractivity contribution < 1.29 is 9.72 Å². The van der Waals surface area contributed by atoms with Crippen molar-refractivity contribution in [2.45, 2.75) is 25.9 Å². The van der Waals surface area contributed by atoms with Crippen LogP contribution in [0.2, 0.25) is 0 Å². The molecule has 6 nitrogen and oxygen atoms in total. The highest BCUT2D eigenvalue weighted by atomic mass is 16.6. The molecule has 0 bridgehead atoms. The summed E-state index contributed by atoms with van der Waals surface area (Å²) in [4.78, 5) is 23.4. The predicted molar refractivity (Wildman–Crippen MR) is 114 cm³/mol. The number of nitro groups is 1. The SMILES string of the molecule is Cc1ccc([C@H](N[C@H](C)C(=O)Nc2ccccc2[N+](=O)[O-])c2ccccc2)cc1. The Hall–Kier alpha value is -3.51. The Morgan fingerprint density at radius 3 is 2.14 bits per heavy atom. The maximum atomic E-state index is 12.7. The van der Waals surface area contributed by atoms with Gasteiger partial charge in [0, 0.05) is 6.07 Å². The zero-order valence-electron chi connectivity index (χ0n) is 16.3. The van der Waals surface area contributed by atoms with Gasteiger partial charge in [0.2, 0.25) is 5.91 Å². The van der Waals surface area contributed by atoms with Crippen LogP contribution in [0.5, 0.6) is 0 Å². The Balaban J connectivity index is 1.81. The summed E-state index contributed by atoms with van der Waals surface area (Å²) in [6.45, 7) is 3.77. The number of anilines is 1. The summed E-state index contributed by atoms with van der Waals surface area (Å²) in [5.41, 5.74) is 3.27.